The molecule has 0 aliphatic carbocycles. The Balaban J connectivity index is 1.97. The molecule has 0 radical (unpaired) electrons. The van der Waals surface area contributed by atoms with Gasteiger partial charge in [0.1, 0.15) is 0 Å². The fraction of sp³-hybridized carbons (Fsp3) is 0.600. The number of nitrogens with one attached hydrogen (secondary N) is 2. The van der Waals surface area contributed by atoms with Gasteiger partial charge in [-0.25, -0.2) is 4.98 Å². The molecule has 4 nitrogen and oxygen atoms in total. The number of nitrogens with zero attached hydrogens (tertiary/aromatic N) is 1. The average Bonchev–Trinajstić information content (AvgIpc) is 2.75. The molecule has 15 heavy (non-hydrogen) atoms. The van der Waals surface area contributed by atoms with Gasteiger partial charge in [-0.2, -0.15) is 0 Å². The molecule has 0 saturated carbocycles. The Labute approximate surface area is 93.1 Å². The Hall–Kier alpha value is -0.940. The summed E-state index contributed by atoms with van der Waals surface area (Å²) in [7, 11) is 0. The molecule has 2 heterocycles. The summed E-state index contributed by atoms with van der Waals surface area (Å²) in [5, 5.41) is 8.72. The molecule has 0 bridgehead atoms. The van der Waals surface area contributed by atoms with Gasteiger partial charge < -0.3 is 10.6 Å². The van der Waals surface area contributed by atoms with E-state index in [1.54, 1.807) is 0 Å². The van der Waals surface area contributed by atoms with Crippen molar-refractivity contribution in [2.45, 2.75) is 13.8 Å². The predicted octanol–water partition coefficient (Wildman–Crippen LogP) is 1.25. The zero-order valence-electron chi connectivity index (χ0n) is 8.91. The molecule has 2 N–H and O–H groups in total. The van der Waals surface area contributed by atoms with Crippen LogP contribution in [0.2, 0.25) is 0 Å². The number of aromatic nitrogens is 1. The SMILES string of the molecule is Cc1csc(NC(=O)[C@@H]2CNC[C@H]2C)n1. The van der Waals surface area contributed by atoms with Gasteiger partial charge in [-0.1, -0.05) is 6.92 Å². The fourth-order valence-corrected chi connectivity index (χ4v) is 2.46. The van der Waals surface area contributed by atoms with Crippen molar-refractivity contribution in [3.8, 4) is 0 Å². The Kier molecular flexibility index (Phi) is 3.02. The van der Waals surface area contributed by atoms with Crippen molar-refractivity contribution < 1.29 is 4.79 Å². The lowest BCUT2D eigenvalue weighted by atomic mass is 9.97. The van der Waals surface area contributed by atoms with Gasteiger partial charge in [-0.15, -0.1) is 11.3 Å². The molecule has 0 spiro atoms. The van der Waals surface area contributed by atoms with Gasteiger partial charge in [0.15, 0.2) is 5.13 Å². The first-order chi connectivity index (χ1) is 7.16. The number of thiazole rings is 1. The minimum Gasteiger partial charge on any atom is -0.316 e. The van der Waals surface area contributed by atoms with E-state index in [1.807, 2.05) is 12.3 Å². The molecule has 2 atom stereocenters. The second-order valence-corrected chi connectivity index (χ2v) is 4.88. The molecular weight excluding hydrogens is 210 g/mol. The molecule has 1 saturated heterocycles. The van der Waals surface area contributed by atoms with Gasteiger partial charge in [0.2, 0.25) is 5.91 Å². The van der Waals surface area contributed by atoms with Crippen LogP contribution < -0.4 is 10.6 Å². The number of rotatable bonds is 2. The first kappa shape index (κ1) is 10.6. The first-order valence-electron chi connectivity index (χ1n) is 5.10. The normalized spacial score (nSPS) is 25.5. The Bertz CT molecular complexity index is 363. The van der Waals surface area contributed by atoms with E-state index in [0.29, 0.717) is 11.0 Å². The van der Waals surface area contributed by atoms with Crippen LogP contribution in [0.25, 0.3) is 0 Å². The fourth-order valence-electron chi connectivity index (χ4n) is 1.77. The van der Waals surface area contributed by atoms with Crippen LogP contribution in [0.15, 0.2) is 5.38 Å². The molecule has 2 rings (SSSR count). The number of carbonyl (C=O) groups excluding carboxylic acids is 1. The van der Waals surface area contributed by atoms with Crippen molar-refractivity contribution in [2.24, 2.45) is 11.8 Å². The number of amides is 1. The second-order valence-electron chi connectivity index (χ2n) is 4.03. The van der Waals surface area contributed by atoms with Gasteiger partial charge >= 0.3 is 0 Å². The summed E-state index contributed by atoms with van der Waals surface area (Å²) in [4.78, 5) is 16.1. The van der Waals surface area contributed by atoms with Crippen LogP contribution in [-0.2, 0) is 4.79 Å². The third-order valence-electron chi connectivity index (χ3n) is 2.70. The Morgan fingerprint density at radius 2 is 2.47 bits per heavy atom. The van der Waals surface area contributed by atoms with Crippen LogP contribution in [0.4, 0.5) is 5.13 Å². The van der Waals surface area contributed by atoms with Crippen molar-refractivity contribution in [2.75, 3.05) is 18.4 Å². The molecule has 1 aromatic rings. The lowest BCUT2D eigenvalue weighted by Gasteiger charge is -2.12. The minimum absolute atomic E-state index is 0.0780. The molecule has 1 aliphatic rings. The summed E-state index contributed by atoms with van der Waals surface area (Å²) >= 11 is 1.47. The summed E-state index contributed by atoms with van der Waals surface area (Å²) in [6, 6.07) is 0. The van der Waals surface area contributed by atoms with Crippen LogP contribution in [0.3, 0.4) is 0 Å². The number of hydrogen-bond donors (Lipinski definition) is 2. The largest absolute Gasteiger partial charge is 0.316 e. The van der Waals surface area contributed by atoms with Gasteiger partial charge in [-0.3, -0.25) is 4.79 Å². The lowest BCUT2D eigenvalue weighted by Crippen LogP contribution is -2.27. The van der Waals surface area contributed by atoms with Crippen LogP contribution >= 0.6 is 11.3 Å². The molecule has 5 heteroatoms. The summed E-state index contributed by atoms with van der Waals surface area (Å²) < 4.78 is 0. The molecular formula is C10H15N3OS. The molecule has 82 valence electrons. The summed E-state index contributed by atoms with van der Waals surface area (Å²) in [5.74, 6) is 0.571. The summed E-state index contributed by atoms with van der Waals surface area (Å²) in [5.41, 5.74) is 0.952. The highest BCUT2D eigenvalue weighted by atomic mass is 32.1. The standard InChI is InChI=1S/C10H15N3OS/c1-6-3-11-4-8(6)9(14)13-10-12-7(2)5-15-10/h5-6,8,11H,3-4H2,1-2H3,(H,12,13,14)/t6-,8-/m1/s1. The maximum absolute atomic E-state index is 11.8. The van der Waals surface area contributed by atoms with Crippen LogP contribution in [0.1, 0.15) is 12.6 Å². The van der Waals surface area contributed by atoms with E-state index in [2.05, 4.69) is 22.5 Å². The third kappa shape index (κ3) is 2.35. The summed E-state index contributed by atoms with van der Waals surface area (Å²) in [6.07, 6.45) is 0. The topological polar surface area (TPSA) is 54.0 Å². The molecule has 1 amide bonds. The highest BCUT2D eigenvalue weighted by molar-refractivity contribution is 7.13. The molecule has 0 unspecified atom stereocenters. The van der Waals surface area contributed by atoms with Crippen LogP contribution in [-0.4, -0.2) is 24.0 Å². The van der Waals surface area contributed by atoms with Crippen molar-refractivity contribution in [3.05, 3.63) is 11.1 Å². The van der Waals surface area contributed by atoms with E-state index in [4.69, 9.17) is 0 Å². The van der Waals surface area contributed by atoms with E-state index >= 15 is 0 Å². The number of carbonyl (C=O) groups is 1. The number of hydrogen-bond acceptors (Lipinski definition) is 4. The number of anilines is 1. The Morgan fingerprint density at radius 3 is 3.00 bits per heavy atom. The zero-order chi connectivity index (χ0) is 10.8. The Morgan fingerprint density at radius 1 is 1.67 bits per heavy atom. The summed E-state index contributed by atoms with van der Waals surface area (Å²) in [6.45, 7) is 5.72. The maximum atomic E-state index is 11.8. The highest BCUT2D eigenvalue weighted by Gasteiger charge is 2.29. The number of aryl methyl sites for hydroxylation is 1. The van der Waals surface area contributed by atoms with Gasteiger partial charge in [-0.05, 0) is 19.4 Å². The molecule has 0 aromatic carbocycles. The first-order valence-corrected chi connectivity index (χ1v) is 5.98. The van der Waals surface area contributed by atoms with E-state index < -0.39 is 0 Å². The van der Waals surface area contributed by atoms with Crippen molar-refractivity contribution in [1.29, 1.82) is 0 Å². The van der Waals surface area contributed by atoms with Crippen LogP contribution in [0.5, 0.6) is 0 Å². The van der Waals surface area contributed by atoms with Crippen LogP contribution in [0, 0.1) is 18.8 Å². The predicted molar refractivity (Wildman–Crippen MR) is 61.0 cm³/mol. The smallest absolute Gasteiger partial charge is 0.230 e. The van der Waals surface area contributed by atoms with Crippen molar-refractivity contribution >= 4 is 22.4 Å². The molecule has 1 fully saturated rings. The lowest BCUT2D eigenvalue weighted by molar-refractivity contribution is -0.120. The van der Waals surface area contributed by atoms with Crippen molar-refractivity contribution in [3.63, 3.8) is 0 Å². The maximum Gasteiger partial charge on any atom is 0.230 e. The minimum atomic E-state index is 0.0780. The van der Waals surface area contributed by atoms with E-state index in [9.17, 15) is 4.79 Å². The van der Waals surface area contributed by atoms with E-state index in [-0.39, 0.29) is 11.8 Å². The molecule has 1 aliphatic heterocycles. The average molecular weight is 225 g/mol. The quantitative estimate of drug-likeness (QED) is 0.796. The van der Waals surface area contributed by atoms with Crippen molar-refractivity contribution in [1.82, 2.24) is 10.3 Å². The second kappa shape index (κ2) is 4.28. The van der Waals surface area contributed by atoms with E-state index in [0.717, 1.165) is 18.8 Å². The van der Waals surface area contributed by atoms with Gasteiger partial charge in [0.05, 0.1) is 11.6 Å². The monoisotopic (exact) mass is 225 g/mol. The molecule has 1 aromatic heterocycles. The van der Waals surface area contributed by atoms with Gasteiger partial charge in [0, 0.05) is 11.9 Å². The highest BCUT2D eigenvalue weighted by Crippen LogP contribution is 2.20. The van der Waals surface area contributed by atoms with E-state index in [1.165, 1.54) is 11.3 Å². The zero-order valence-corrected chi connectivity index (χ0v) is 9.73. The van der Waals surface area contributed by atoms with Gasteiger partial charge in [0.25, 0.3) is 0 Å². The third-order valence-corrected chi connectivity index (χ3v) is 3.58.